The van der Waals surface area contributed by atoms with Gasteiger partial charge in [-0.25, -0.2) is 9.97 Å². The lowest BCUT2D eigenvalue weighted by Crippen LogP contribution is -2.45. The maximum absolute atomic E-state index is 11.1. The molecule has 8 heteroatoms. The molecule has 1 amide bonds. The van der Waals surface area contributed by atoms with Crippen molar-refractivity contribution in [3.63, 3.8) is 0 Å². The normalized spacial score (nSPS) is 17.0. The Balaban J connectivity index is 0.00000144. The van der Waals surface area contributed by atoms with E-state index in [9.17, 15) is 9.90 Å². The van der Waals surface area contributed by atoms with Crippen LogP contribution in [0.5, 0.6) is 0 Å². The van der Waals surface area contributed by atoms with Gasteiger partial charge >= 0.3 is 0 Å². The molecule has 0 spiro atoms. The maximum atomic E-state index is 11.1. The fourth-order valence-corrected chi connectivity index (χ4v) is 2.72. The van der Waals surface area contributed by atoms with E-state index < -0.39 is 12.0 Å². The van der Waals surface area contributed by atoms with Crippen molar-refractivity contribution in [3.05, 3.63) is 59.2 Å². The molecule has 2 aromatic rings. The molecular formula is C16H20Cl2N4O2. The largest absolute Gasteiger partial charge is 0.391 e. The molecule has 0 unspecified atom stereocenters. The van der Waals surface area contributed by atoms with Crippen LogP contribution in [0.4, 0.5) is 0 Å². The molecule has 0 saturated carbocycles. The number of aliphatic hydroxyl groups excluding tert-OH is 1. The molecule has 6 nitrogen and oxygen atoms in total. The zero-order chi connectivity index (χ0) is 15.5. The van der Waals surface area contributed by atoms with E-state index in [0.29, 0.717) is 5.82 Å². The number of primary amides is 1. The van der Waals surface area contributed by atoms with Crippen molar-refractivity contribution in [1.82, 2.24) is 15.3 Å². The molecule has 3 rings (SSSR count). The summed E-state index contributed by atoms with van der Waals surface area (Å²) in [6.07, 6.45) is 1.89. The van der Waals surface area contributed by atoms with Crippen molar-refractivity contribution in [2.75, 3.05) is 0 Å². The Labute approximate surface area is 152 Å². The quantitative estimate of drug-likeness (QED) is 0.746. The van der Waals surface area contributed by atoms with Gasteiger partial charge in [0.25, 0.3) is 5.91 Å². The van der Waals surface area contributed by atoms with Gasteiger partial charge in [-0.3, -0.25) is 4.79 Å². The Morgan fingerprint density at radius 3 is 2.71 bits per heavy atom. The molecule has 0 bridgehead atoms. The van der Waals surface area contributed by atoms with E-state index in [1.807, 2.05) is 12.1 Å². The molecule has 0 saturated heterocycles. The van der Waals surface area contributed by atoms with Crippen LogP contribution in [0.1, 0.15) is 27.4 Å². The van der Waals surface area contributed by atoms with Crippen LogP contribution >= 0.6 is 24.8 Å². The Kier molecular flexibility index (Phi) is 7.57. The number of nitrogens with one attached hydrogen (secondary N) is 1. The van der Waals surface area contributed by atoms with Crippen molar-refractivity contribution < 1.29 is 9.90 Å². The van der Waals surface area contributed by atoms with Gasteiger partial charge in [0.15, 0.2) is 0 Å². The van der Waals surface area contributed by atoms with Crippen molar-refractivity contribution in [2.24, 2.45) is 5.73 Å². The molecule has 2 atom stereocenters. The summed E-state index contributed by atoms with van der Waals surface area (Å²) >= 11 is 0. The Bertz CT molecular complexity index is 699. The van der Waals surface area contributed by atoms with Gasteiger partial charge in [-0.1, -0.05) is 24.3 Å². The predicted molar refractivity (Wildman–Crippen MR) is 95.5 cm³/mol. The number of carbonyl (C=O) groups excluding carboxylic acids is 1. The zero-order valence-corrected chi connectivity index (χ0v) is 14.5. The molecule has 24 heavy (non-hydrogen) atoms. The minimum Gasteiger partial charge on any atom is -0.391 e. The van der Waals surface area contributed by atoms with E-state index in [4.69, 9.17) is 5.73 Å². The Morgan fingerprint density at radius 2 is 2.00 bits per heavy atom. The van der Waals surface area contributed by atoms with Gasteiger partial charge < -0.3 is 16.2 Å². The van der Waals surface area contributed by atoms with Crippen molar-refractivity contribution in [1.29, 1.82) is 0 Å². The lowest BCUT2D eigenvalue weighted by atomic mass is 9.92. The van der Waals surface area contributed by atoms with Gasteiger partial charge in [0.05, 0.1) is 6.10 Å². The summed E-state index contributed by atoms with van der Waals surface area (Å²) < 4.78 is 0. The van der Waals surface area contributed by atoms with E-state index >= 15 is 0 Å². The van der Waals surface area contributed by atoms with Crippen LogP contribution in [0.15, 0.2) is 36.5 Å². The van der Waals surface area contributed by atoms with Crippen LogP contribution in [0.25, 0.3) is 0 Å². The fourth-order valence-electron chi connectivity index (χ4n) is 2.72. The third kappa shape index (κ3) is 4.64. The van der Waals surface area contributed by atoms with Gasteiger partial charge in [0.2, 0.25) is 0 Å². The molecule has 1 aromatic heterocycles. The Morgan fingerprint density at radius 1 is 1.29 bits per heavy atom. The van der Waals surface area contributed by atoms with E-state index in [1.54, 1.807) is 0 Å². The number of aromatic nitrogens is 2. The minimum atomic E-state index is -0.628. The number of rotatable bonds is 4. The maximum Gasteiger partial charge on any atom is 0.267 e. The lowest BCUT2D eigenvalue weighted by molar-refractivity contribution is 0.0993. The highest BCUT2D eigenvalue weighted by molar-refractivity contribution is 5.90. The zero-order valence-electron chi connectivity index (χ0n) is 12.9. The highest BCUT2D eigenvalue weighted by Crippen LogP contribution is 2.18. The predicted octanol–water partition coefficient (Wildman–Crippen LogP) is 1.04. The van der Waals surface area contributed by atoms with Crippen LogP contribution in [-0.2, 0) is 19.4 Å². The number of benzene rings is 1. The van der Waals surface area contributed by atoms with Gasteiger partial charge in [-0.2, -0.15) is 0 Å². The number of hydrogen-bond acceptors (Lipinski definition) is 5. The highest BCUT2D eigenvalue weighted by Gasteiger charge is 2.25. The van der Waals surface area contributed by atoms with Gasteiger partial charge in [-0.15, -0.1) is 24.8 Å². The number of amides is 1. The third-order valence-electron chi connectivity index (χ3n) is 3.93. The second kappa shape index (κ2) is 8.94. The van der Waals surface area contributed by atoms with Gasteiger partial charge in [-0.05, 0) is 23.6 Å². The summed E-state index contributed by atoms with van der Waals surface area (Å²) in [6, 6.07) is 9.60. The van der Waals surface area contributed by atoms with Crippen LogP contribution in [0.3, 0.4) is 0 Å². The highest BCUT2D eigenvalue weighted by atomic mass is 35.5. The number of nitrogens with two attached hydrogens (primary N) is 1. The Hall–Kier alpha value is -1.73. The molecule has 1 aliphatic rings. The number of hydrogen-bond donors (Lipinski definition) is 3. The second-order valence-corrected chi connectivity index (χ2v) is 5.45. The average molecular weight is 371 g/mol. The SMILES string of the molecule is Cl.Cl.NC(=O)c1ccnc(C[C@@H](O)[C@@H]2Cc3ccccc3CN2)n1. The monoisotopic (exact) mass is 370 g/mol. The van der Waals surface area contributed by atoms with Crippen LogP contribution in [0, 0.1) is 0 Å². The fraction of sp³-hybridized carbons (Fsp3) is 0.312. The molecule has 4 N–H and O–H groups in total. The molecule has 1 aliphatic heterocycles. The number of nitrogens with zero attached hydrogens (tertiary/aromatic N) is 2. The first kappa shape index (κ1) is 20.3. The number of fused-ring (bicyclic) bond motifs is 1. The molecule has 0 fully saturated rings. The summed E-state index contributed by atoms with van der Waals surface area (Å²) in [5.74, 6) is -0.174. The van der Waals surface area contributed by atoms with Crippen molar-refractivity contribution >= 4 is 30.7 Å². The van der Waals surface area contributed by atoms with Crippen LogP contribution < -0.4 is 11.1 Å². The lowest BCUT2D eigenvalue weighted by Gasteiger charge is -2.29. The smallest absolute Gasteiger partial charge is 0.267 e. The summed E-state index contributed by atoms with van der Waals surface area (Å²) in [7, 11) is 0. The average Bonchev–Trinajstić information content (AvgIpc) is 2.54. The third-order valence-corrected chi connectivity index (χ3v) is 3.93. The molecule has 0 radical (unpaired) electrons. The van der Waals surface area contributed by atoms with Crippen molar-refractivity contribution in [2.45, 2.75) is 31.5 Å². The molecule has 0 aliphatic carbocycles. The molecular weight excluding hydrogens is 351 g/mol. The van der Waals surface area contributed by atoms with E-state index in [1.165, 1.54) is 23.4 Å². The number of aliphatic hydroxyl groups is 1. The first-order valence-electron chi connectivity index (χ1n) is 7.23. The van der Waals surface area contributed by atoms with E-state index in [-0.39, 0.29) is 43.0 Å². The standard InChI is InChI=1S/C16H18N4O2.2ClH/c17-16(22)12-5-6-18-15(20-12)8-14(21)13-7-10-3-1-2-4-11(10)9-19-13;;/h1-6,13-14,19,21H,7-9H2,(H2,17,22);2*1H/t13-,14+;;/m0../s1. The van der Waals surface area contributed by atoms with Crippen molar-refractivity contribution in [3.8, 4) is 0 Å². The summed E-state index contributed by atoms with van der Waals surface area (Å²) in [5, 5.41) is 13.8. The first-order chi connectivity index (χ1) is 10.6. The van der Waals surface area contributed by atoms with Gasteiger partial charge in [0.1, 0.15) is 11.5 Å². The van der Waals surface area contributed by atoms with E-state index in [0.717, 1.165) is 13.0 Å². The van der Waals surface area contributed by atoms with E-state index in [2.05, 4.69) is 27.4 Å². The topological polar surface area (TPSA) is 101 Å². The molecule has 130 valence electrons. The molecule has 2 heterocycles. The summed E-state index contributed by atoms with van der Waals surface area (Å²) in [5.41, 5.74) is 7.88. The molecule has 1 aromatic carbocycles. The minimum absolute atomic E-state index is 0. The number of halogens is 2. The van der Waals surface area contributed by atoms with Crippen LogP contribution in [-0.4, -0.2) is 33.1 Å². The summed E-state index contributed by atoms with van der Waals surface area (Å²) in [4.78, 5) is 19.3. The second-order valence-electron chi connectivity index (χ2n) is 5.45. The van der Waals surface area contributed by atoms with Gasteiger partial charge in [0, 0.05) is 25.2 Å². The number of carbonyl (C=O) groups is 1. The first-order valence-corrected chi connectivity index (χ1v) is 7.23. The van der Waals surface area contributed by atoms with Crippen LogP contribution in [0.2, 0.25) is 0 Å². The summed E-state index contributed by atoms with van der Waals surface area (Å²) in [6.45, 7) is 0.736.